The van der Waals surface area contributed by atoms with Gasteiger partial charge in [0.25, 0.3) is 0 Å². The average molecular weight is 368 g/mol. The van der Waals surface area contributed by atoms with Crippen LogP contribution in [0.4, 0.5) is 18.9 Å². The Morgan fingerprint density at radius 1 is 1.31 bits per heavy atom. The van der Waals surface area contributed by atoms with Crippen molar-refractivity contribution in [2.24, 2.45) is 0 Å². The molecule has 1 N–H and O–H groups in total. The number of esters is 1. The van der Waals surface area contributed by atoms with E-state index in [-0.39, 0.29) is 23.7 Å². The molecule has 1 aromatic heterocycles. The highest BCUT2D eigenvalue weighted by atomic mass is 19.4. The highest BCUT2D eigenvalue weighted by Gasteiger charge is 2.32. The number of hydrogen-bond acceptors (Lipinski definition) is 5. The van der Waals surface area contributed by atoms with Crippen LogP contribution in [0.5, 0.6) is 5.75 Å². The minimum Gasteiger partial charge on any atom is -0.462 e. The molecule has 1 aromatic carbocycles. The second kappa shape index (κ2) is 7.39. The normalized spacial score (nSPS) is 15.2. The summed E-state index contributed by atoms with van der Waals surface area (Å²) < 4.78 is 47.1. The van der Waals surface area contributed by atoms with Crippen molar-refractivity contribution >= 4 is 22.6 Å². The fourth-order valence-corrected chi connectivity index (χ4v) is 3.20. The first-order valence-electron chi connectivity index (χ1n) is 8.50. The number of ether oxygens (including phenoxy) is 2. The van der Waals surface area contributed by atoms with Gasteiger partial charge in [-0.25, -0.2) is 4.79 Å². The van der Waals surface area contributed by atoms with Crippen molar-refractivity contribution in [1.82, 2.24) is 4.98 Å². The zero-order chi connectivity index (χ0) is 18.7. The maximum absolute atomic E-state index is 12.7. The van der Waals surface area contributed by atoms with E-state index in [1.807, 2.05) is 0 Å². The van der Waals surface area contributed by atoms with E-state index in [1.165, 1.54) is 18.3 Å². The van der Waals surface area contributed by atoms with E-state index < -0.39 is 18.1 Å². The number of hydrogen-bond donors (Lipinski definition) is 1. The van der Waals surface area contributed by atoms with E-state index in [4.69, 9.17) is 4.74 Å². The van der Waals surface area contributed by atoms with Crippen LogP contribution in [-0.4, -0.2) is 30.0 Å². The highest BCUT2D eigenvalue weighted by molar-refractivity contribution is 6.06. The molecule has 1 fully saturated rings. The molecule has 26 heavy (non-hydrogen) atoms. The molecule has 8 heteroatoms. The van der Waals surface area contributed by atoms with E-state index >= 15 is 0 Å². The Bertz CT molecular complexity index is 802. The van der Waals surface area contributed by atoms with E-state index in [0.29, 0.717) is 11.1 Å². The SMILES string of the molecule is CCOC(=O)c1cnc2c(OC(F)(F)F)cccc2c1NC1CCCC1. The lowest BCUT2D eigenvalue weighted by atomic mass is 10.1. The van der Waals surface area contributed by atoms with Gasteiger partial charge in [0, 0.05) is 17.6 Å². The van der Waals surface area contributed by atoms with E-state index in [0.717, 1.165) is 25.7 Å². The molecule has 1 saturated carbocycles. The predicted octanol–water partition coefficient (Wildman–Crippen LogP) is 4.66. The molecule has 0 unspecified atom stereocenters. The van der Waals surface area contributed by atoms with Gasteiger partial charge in [-0.1, -0.05) is 25.0 Å². The van der Waals surface area contributed by atoms with E-state index in [2.05, 4.69) is 15.0 Å². The first kappa shape index (κ1) is 18.3. The van der Waals surface area contributed by atoms with Crippen molar-refractivity contribution in [3.05, 3.63) is 30.0 Å². The molecule has 2 aromatic rings. The molecule has 0 spiro atoms. The summed E-state index contributed by atoms with van der Waals surface area (Å²) in [5, 5.41) is 3.70. The molecule has 140 valence electrons. The van der Waals surface area contributed by atoms with Crippen LogP contribution >= 0.6 is 0 Å². The van der Waals surface area contributed by atoms with Gasteiger partial charge in [0.05, 0.1) is 12.3 Å². The van der Waals surface area contributed by atoms with Gasteiger partial charge in [0.15, 0.2) is 5.75 Å². The number of nitrogens with zero attached hydrogens (tertiary/aromatic N) is 1. The number of carbonyl (C=O) groups excluding carboxylic acids is 1. The van der Waals surface area contributed by atoms with Gasteiger partial charge >= 0.3 is 12.3 Å². The van der Waals surface area contributed by atoms with Crippen molar-refractivity contribution < 1.29 is 27.4 Å². The number of rotatable bonds is 5. The number of carbonyl (C=O) groups is 1. The lowest BCUT2D eigenvalue weighted by Gasteiger charge is -2.19. The smallest absolute Gasteiger partial charge is 0.462 e. The van der Waals surface area contributed by atoms with Gasteiger partial charge in [-0.15, -0.1) is 13.2 Å². The Labute approximate surface area is 148 Å². The maximum Gasteiger partial charge on any atom is 0.573 e. The van der Waals surface area contributed by atoms with Gasteiger partial charge in [-0.05, 0) is 25.8 Å². The number of fused-ring (bicyclic) bond motifs is 1. The van der Waals surface area contributed by atoms with Crippen molar-refractivity contribution in [2.45, 2.75) is 45.0 Å². The molecule has 3 rings (SSSR count). The summed E-state index contributed by atoms with van der Waals surface area (Å²) in [5.41, 5.74) is 0.682. The number of pyridine rings is 1. The summed E-state index contributed by atoms with van der Waals surface area (Å²) in [6, 6.07) is 4.42. The molecule has 0 bridgehead atoms. The standard InChI is InChI=1S/C18H19F3N2O3/c1-2-25-17(24)13-10-22-16-12(15(13)23-11-6-3-4-7-11)8-5-9-14(16)26-18(19,20)21/h5,8-11H,2-4,6-7H2,1H3,(H,22,23). The van der Waals surface area contributed by atoms with E-state index in [9.17, 15) is 18.0 Å². The maximum atomic E-state index is 12.7. The second-order valence-corrected chi connectivity index (χ2v) is 6.09. The number of para-hydroxylation sites is 1. The van der Waals surface area contributed by atoms with Crippen LogP contribution in [0.1, 0.15) is 43.0 Å². The number of anilines is 1. The molecule has 1 aliphatic carbocycles. The number of alkyl halides is 3. The topological polar surface area (TPSA) is 60.5 Å². The van der Waals surface area contributed by atoms with Crippen LogP contribution in [0.15, 0.2) is 24.4 Å². The average Bonchev–Trinajstić information content (AvgIpc) is 3.07. The third-order valence-corrected chi connectivity index (χ3v) is 4.29. The summed E-state index contributed by atoms with van der Waals surface area (Å²) in [7, 11) is 0. The van der Waals surface area contributed by atoms with Crippen LogP contribution in [0.2, 0.25) is 0 Å². The summed E-state index contributed by atoms with van der Waals surface area (Å²) in [4.78, 5) is 16.3. The van der Waals surface area contributed by atoms with Gasteiger partial charge in [-0.3, -0.25) is 4.98 Å². The van der Waals surface area contributed by atoms with Crippen molar-refractivity contribution in [2.75, 3.05) is 11.9 Å². The lowest BCUT2D eigenvalue weighted by molar-refractivity contribution is -0.274. The first-order chi connectivity index (χ1) is 12.4. The molecule has 5 nitrogen and oxygen atoms in total. The largest absolute Gasteiger partial charge is 0.573 e. The van der Waals surface area contributed by atoms with Gasteiger partial charge in [0.2, 0.25) is 0 Å². The predicted molar refractivity (Wildman–Crippen MR) is 90.3 cm³/mol. The first-order valence-corrected chi connectivity index (χ1v) is 8.50. The summed E-state index contributed by atoms with van der Waals surface area (Å²) in [6.45, 7) is 1.88. The fraction of sp³-hybridized carbons (Fsp3) is 0.444. The Morgan fingerprint density at radius 3 is 2.69 bits per heavy atom. The Balaban J connectivity index is 2.10. The Kier molecular flexibility index (Phi) is 5.20. The third kappa shape index (κ3) is 4.00. The zero-order valence-electron chi connectivity index (χ0n) is 14.2. The Hall–Kier alpha value is -2.51. The second-order valence-electron chi connectivity index (χ2n) is 6.09. The minimum absolute atomic E-state index is 0.0402. The molecule has 0 saturated heterocycles. The van der Waals surface area contributed by atoms with Gasteiger partial charge in [0.1, 0.15) is 11.1 Å². The molecular formula is C18H19F3N2O3. The van der Waals surface area contributed by atoms with Crippen molar-refractivity contribution in [3.63, 3.8) is 0 Å². The molecular weight excluding hydrogens is 349 g/mol. The third-order valence-electron chi connectivity index (χ3n) is 4.29. The molecule has 0 amide bonds. The number of aromatic nitrogens is 1. The number of nitrogens with one attached hydrogen (secondary N) is 1. The summed E-state index contributed by atoms with van der Waals surface area (Å²) >= 11 is 0. The minimum atomic E-state index is -4.82. The fourth-order valence-electron chi connectivity index (χ4n) is 3.20. The quantitative estimate of drug-likeness (QED) is 0.778. The van der Waals surface area contributed by atoms with Crippen LogP contribution in [0, 0.1) is 0 Å². The van der Waals surface area contributed by atoms with Crippen LogP contribution < -0.4 is 10.1 Å². The number of halogens is 3. The van der Waals surface area contributed by atoms with Crippen molar-refractivity contribution in [3.8, 4) is 5.75 Å². The van der Waals surface area contributed by atoms with E-state index in [1.54, 1.807) is 13.0 Å². The van der Waals surface area contributed by atoms with Crippen molar-refractivity contribution in [1.29, 1.82) is 0 Å². The highest BCUT2D eigenvalue weighted by Crippen LogP contribution is 2.36. The molecule has 1 heterocycles. The summed E-state index contributed by atoms with van der Waals surface area (Å²) in [5.74, 6) is -0.968. The Morgan fingerprint density at radius 2 is 2.04 bits per heavy atom. The van der Waals surface area contributed by atoms with Gasteiger partial charge < -0.3 is 14.8 Å². The molecule has 0 atom stereocenters. The molecule has 1 aliphatic rings. The van der Waals surface area contributed by atoms with Crippen LogP contribution in [0.25, 0.3) is 10.9 Å². The molecule has 0 aliphatic heterocycles. The number of benzene rings is 1. The van der Waals surface area contributed by atoms with Crippen LogP contribution in [0.3, 0.4) is 0 Å². The van der Waals surface area contributed by atoms with Crippen LogP contribution in [-0.2, 0) is 4.74 Å². The summed E-state index contributed by atoms with van der Waals surface area (Å²) in [6.07, 6.45) is 0.418. The van der Waals surface area contributed by atoms with Gasteiger partial charge in [-0.2, -0.15) is 0 Å². The lowest BCUT2D eigenvalue weighted by Crippen LogP contribution is -2.20. The molecule has 0 radical (unpaired) electrons. The monoisotopic (exact) mass is 368 g/mol. The zero-order valence-corrected chi connectivity index (χ0v) is 14.2.